The van der Waals surface area contributed by atoms with Crippen LogP contribution < -0.4 is 14.8 Å². The molecule has 2 aliphatic rings. The molecule has 2 fully saturated rings. The fourth-order valence-electron chi connectivity index (χ4n) is 3.47. The quantitative estimate of drug-likeness (QED) is 0.748. The lowest BCUT2D eigenvalue weighted by molar-refractivity contribution is -0.124. The molecule has 1 heterocycles. The molecular weight excluding hydrogens is 392 g/mol. The van der Waals surface area contributed by atoms with Crippen LogP contribution in [0.5, 0.6) is 11.5 Å². The monoisotopic (exact) mass is 416 g/mol. The molecule has 29 heavy (non-hydrogen) atoms. The maximum absolute atomic E-state index is 13.4. The number of methoxy groups -OCH3 is 1. The first-order valence-electron chi connectivity index (χ1n) is 9.65. The Balaban J connectivity index is 1.60. The number of para-hydroxylation sites is 1. The largest absolute Gasteiger partial charge is 0.497 e. The van der Waals surface area contributed by atoms with E-state index in [-0.39, 0.29) is 23.4 Å². The molecule has 2 unspecified atom stereocenters. The molecule has 0 spiro atoms. The molecule has 1 saturated carbocycles. The lowest BCUT2D eigenvalue weighted by Crippen LogP contribution is -2.46. The van der Waals surface area contributed by atoms with E-state index in [0.29, 0.717) is 17.9 Å². The molecule has 2 aromatic rings. The van der Waals surface area contributed by atoms with Crippen LogP contribution in [0.4, 0.5) is 0 Å². The van der Waals surface area contributed by atoms with Gasteiger partial charge in [-0.3, -0.25) is 4.79 Å². The summed E-state index contributed by atoms with van der Waals surface area (Å²) in [6.45, 7) is 0.108. The minimum atomic E-state index is -3.89. The van der Waals surface area contributed by atoms with E-state index in [2.05, 4.69) is 5.32 Å². The van der Waals surface area contributed by atoms with Gasteiger partial charge in [0.1, 0.15) is 23.6 Å². The summed E-state index contributed by atoms with van der Waals surface area (Å²) in [7, 11) is -2.41. The number of carbonyl (C=O) groups excluding carboxylic acids is 1. The zero-order valence-electron chi connectivity index (χ0n) is 16.2. The van der Waals surface area contributed by atoms with Crippen LogP contribution in [-0.4, -0.2) is 50.5 Å². The SMILES string of the molecule is COc1cccc(S(=O)(=O)N2CC(Oc3ccccc3)CC2C(=O)NC2CC2)c1. The number of amides is 1. The number of sulfonamides is 1. The van der Waals surface area contributed by atoms with Gasteiger partial charge in [-0.1, -0.05) is 24.3 Å². The van der Waals surface area contributed by atoms with Crippen LogP contribution in [0.2, 0.25) is 0 Å². The Morgan fingerprint density at radius 2 is 1.79 bits per heavy atom. The minimum Gasteiger partial charge on any atom is -0.497 e. The predicted octanol–water partition coefficient (Wildman–Crippen LogP) is 2.18. The summed E-state index contributed by atoms with van der Waals surface area (Å²) in [6, 6.07) is 14.9. The third-order valence-electron chi connectivity index (χ3n) is 5.14. The number of nitrogens with one attached hydrogen (secondary N) is 1. The predicted molar refractivity (Wildman–Crippen MR) is 107 cm³/mol. The van der Waals surface area contributed by atoms with Crippen molar-refractivity contribution < 1.29 is 22.7 Å². The van der Waals surface area contributed by atoms with Gasteiger partial charge in [-0.15, -0.1) is 0 Å². The molecule has 2 aromatic carbocycles. The van der Waals surface area contributed by atoms with Gasteiger partial charge in [-0.2, -0.15) is 4.31 Å². The van der Waals surface area contributed by atoms with E-state index in [9.17, 15) is 13.2 Å². The van der Waals surface area contributed by atoms with E-state index in [1.807, 2.05) is 30.3 Å². The highest BCUT2D eigenvalue weighted by molar-refractivity contribution is 7.89. The second-order valence-corrected chi connectivity index (χ2v) is 9.23. The number of hydrogen-bond donors (Lipinski definition) is 1. The van der Waals surface area contributed by atoms with Crippen molar-refractivity contribution in [1.29, 1.82) is 0 Å². The Morgan fingerprint density at radius 3 is 2.48 bits per heavy atom. The van der Waals surface area contributed by atoms with Crippen molar-refractivity contribution in [2.75, 3.05) is 13.7 Å². The summed E-state index contributed by atoms with van der Waals surface area (Å²) >= 11 is 0. The molecule has 154 valence electrons. The first kappa shape index (κ1) is 19.7. The van der Waals surface area contributed by atoms with E-state index >= 15 is 0 Å². The standard InChI is InChI=1S/C21H24N2O5S/c1-27-17-8-5-9-19(12-17)29(25,26)23-14-18(28-16-6-3-2-4-7-16)13-20(23)21(24)22-15-10-11-15/h2-9,12,15,18,20H,10-11,13-14H2,1H3,(H,22,24). The first-order chi connectivity index (χ1) is 14.0. The van der Waals surface area contributed by atoms with Gasteiger partial charge in [0, 0.05) is 18.5 Å². The Bertz CT molecular complexity index is 976. The highest BCUT2D eigenvalue weighted by Gasteiger charge is 2.46. The lowest BCUT2D eigenvalue weighted by atomic mass is 10.2. The van der Waals surface area contributed by atoms with Crippen molar-refractivity contribution in [3.8, 4) is 11.5 Å². The van der Waals surface area contributed by atoms with Crippen molar-refractivity contribution >= 4 is 15.9 Å². The van der Waals surface area contributed by atoms with Crippen LogP contribution in [0.1, 0.15) is 19.3 Å². The molecule has 8 heteroatoms. The van der Waals surface area contributed by atoms with Crippen LogP contribution in [0, 0.1) is 0 Å². The van der Waals surface area contributed by atoms with Crippen molar-refractivity contribution in [3.05, 3.63) is 54.6 Å². The molecule has 4 rings (SSSR count). The van der Waals surface area contributed by atoms with Gasteiger partial charge in [-0.25, -0.2) is 8.42 Å². The van der Waals surface area contributed by atoms with Crippen molar-refractivity contribution in [1.82, 2.24) is 9.62 Å². The van der Waals surface area contributed by atoms with Gasteiger partial charge in [0.2, 0.25) is 15.9 Å². The number of carbonyl (C=O) groups is 1. The van der Waals surface area contributed by atoms with Gasteiger partial charge >= 0.3 is 0 Å². The molecule has 1 aliphatic carbocycles. The average molecular weight is 416 g/mol. The summed E-state index contributed by atoms with van der Waals surface area (Å²) < 4.78 is 39.1. The Labute approximate surface area is 170 Å². The summed E-state index contributed by atoms with van der Waals surface area (Å²) in [6.07, 6.45) is 1.76. The number of rotatable bonds is 7. The summed E-state index contributed by atoms with van der Waals surface area (Å²) in [5.74, 6) is 0.832. The Hall–Kier alpha value is -2.58. The van der Waals surface area contributed by atoms with Crippen molar-refractivity contribution in [3.63, 3.8) is 0 Å². The van der Waals surface area contributed by atoms with Crippen LogP contribution in [-0.2, 0) is 14.8 Å². The van der Waals surface area contributed by atoms with E-state index < -0.39 is 22.2 Å². The summed E-state index contributed by atoms with van der Waals surface area (Å²) in [4.78, 5) is 12.9. The van der Waals surface area contributed by atoms with E-state index in [0.717, 1.165) is 12.8 Å². The highest BCUT2D eigenvalue weighted by atomic mass is 32.2. The normalized spacial score (nSPS) is 22.2. The summed E-state index contributed by atoms with van der Waals surface area (Å²) in [5.41, 5.74) is 0. The molecule has 7 nitrogen and oxygen atoms in total. The molecule has 1 saturated heterocycles. The van der Waals surface area contributed by atoms with Gasteiger partial charge < -0.3 is 14.8 Å². The number of benzene rings is 2. The first-order valence-corrected chi connectivity index (χ1v) is 11.1. The van der Waals surface area contributed by atoms with Crippen molar-refractivity contribution in [2.24, 2.45) is 0 Å². The molecular formula is C21H24N2O5S. The van der Waals surface area contributed by atoms with Gasteiger partial charge in [0.15, 0.2) is 0 Å². The molecule has 1 amide bonds. The number of nitrogens with zero attached hydrogens (tertiary/aromatic N) is 1. The number of ether oxygens (including phenoxy) is 2. The van der Waals surface area contributed by atoms with E-state index in [4.69, 9.17) is 9.47 Å². The van der Waals surface area contributed by atoms with Crippen molar-refractivity contribution in [2.45, 2.75) is 42.3 Å². The zero-order chi connectivity index (χ0) is 20.4. The molecule has 0 bridgehead atoms. The second-order valence-electron chi connectivity index (χ2n) is 7.34. The van der Waals surface area contributed by atoms with Crippen LogP contribution in [0.15, 0.2) is 59.5 Å². The maximum Gasteiger partial charge on any atom is 0.244 e. The second kappa shape index (κ2) is 8.04. The van der Waals surface area contributed by atoms with E-state index in [1.165, 1.54) is 23.5 Å². The molecule has 2 atom stereocenters. The Morgan fingerprint density at radius 1 is 1.07 bits per heavy atom. The third kappa shape index (κ3) is 4.38. The smallest absolute Gasteiger partial charge is 0.244 e. The average Bonchev–Trinajstić information content (AvgIpc) is 3.44. The highest BCUT2D eigenvalue weighted by Crippen LogP contribution is 2.31. The lowest BCUT2D eigenvalue weighted by Gasteiger charge is -2.23. The third-order valence-corrected chi connectivity index (χ3v) is 7.01. The van der Waals surface area contributed by atoms with Crippen LogP contribution >= 0.6 is 0 Å². The van der Waals surface area contributed by atoms with Crippen LogP contribution in [0.3, 0.4) is 0 Å². The molecule has 0 aromatic heterocycles. The maximum atomic E-state index is 13.4. The van der Waals surface area contributed by atoms with Gasteiger partial charge in [0.05, 0.1) is 18.6 Å². The molecule has 0 radical (unpaired) electrons. The molecule has 1 N–H and O–H groups in total. The minimum absolute atomic E-state index is 0.0985. The van der Waals surface area contributed by atoms with E-state index in [1.54, 1.807) is 12.1 Å². The fraction of sp³-hybridized carbons (Fsp3) is 0.381. The topological polar surface area (TPSA) is 84.9 Å². The number of hydrogen-bond acceptors (Lipinski definition) is 5. The van der Waals surface area contributed by atoms with Gasteiger partial charge in [0.25, 0.3) is 0 Å². The Kier molecular flexibility index (Phi) is 5.47. The zero-order valence-corrected chi connectivity index (χ0v) is 17.0. The van der Waals surface area contributed by atoms with Gasteiger partial charge in [-0.05, 0) is 37.1 Å². The fourth-order valence-corrected chi connectivity index (χ4v) is 5.14. The molecule has 1 aliphatic heterocycles. The summed E-state index contributed by atoms with van der Waals surface area (Å²) in [5, 5.41) is 2.93. The van der Waals surface area contributed by atoms with Crippen LogP contribution in [0.25, 0.3) is 0 Å².